The van der Waals surface area contributed by atoms with Gasteiger partial charge in [-0.25, -0.2) is 0 Å². The van der Waals surface area contributed by atoms with Gasteiger partial charge in [-0.05, 0) is 38.2 Å². The molecule has 2 heterocycles. The lowest BCUT2D eigenvalue weighted by Gasteiger charge is -2.40. The summed E-state index contributed by atoms with van der Waals surface area (Å²) in [5.41, 5.74) is 2.29. The van der Waals surface area contributed by atoms with Crippen molar-refractivity contribution in [2.45, 2.75) is 51.5 Å². The Morgan fingerprint density at radius 1 is 1.09 bits per heavy atom. The topological polar surface area (TPSA) is 40.6 Å². The first-order valence-corrected chi connectivity index (χ1v) is 8.76. The zero-order chi connectivity index (χ0) is 16.2. The Morgan fingerprint density at radius 2 is 1.78 bits per heavy atom. The highest BCUT2D eigenvalue weighted by atomic mass is 16.2. The van der Waals surface area contributed by atoms with Crippen molar-refractivity contribution >= 4 is 11.8 Å². The van der Waals surface area contributed by atoms with Crippen molar-refractivity contribution in [3.63, 3.8) is 0 Å². The summed E-state index contributed by atoms with van der Waals surface area (Å²) in [5.74, 6) is 0.512. The van der Waals surface area contributed by atoms with Gasteiger partial charge in [0.1, 0.15) is 0 Å². The quantitative estimate of drug-likeness (QED) is 0.860. The number of amides is 2. The molecule has 2 fully saturated rings. The van der Waals surface area contributed by atoms with Crippen LogP contribution >= 0.6 is 0 Å². The molecule has 4 nitrogen and oxygen atoms in total. The minimum absolute atomic E-state index is 0.206. The number of aryl methyl sites for hydroxylation is 1. The van der Waals surface area contributed by atoms with E-state index in [0.29, 0.717) is 24.8 Å². The van der Waals surface area contributed by atoms with Crippen molar-refractivity contribution < 1.29 is 9.59 Å². The summed E-state index contributed by atoms with van der Waals surface area (Å²) in [6, 6.07) is 8.51. The van der Waals surface area contributed by atoms with E-state index < -0.39 is 0 Å². The molecular formula is C19H26N2O2. The van der Waals surface area contributed by atoms with E-state index in [1.165, 1.54) is 5.56 Å². The van der Waals surface area contributed by atoms with Crippen LogP contribution in [0.1, 0.15) is 43.2 Å². The minimum atomic E-state index is 0.206. The molecule has 2 saturated heterocycles. The molecule has 0 saturated carbocycles. The smallest absolute Gasteiger partial charge is 0.226 e. The number of carbonyl (C=O) groups excluding carboxylic acids is 2. The Kier molecular flexibility index (Phi) is 4.99. The molecule has 0 N–H and O–H groups in total. The zero-order valence-electron chi connectivity index (χ0n) is 14.0. The first-order valence-electron chi connectivity index (χ1n) is 8.76. The van der Waals surface area contributed by atoms with Gasteiger partial charge in [-0.2, -0.15) is 0 Å². The van der Waals surface area contributed by atoms with E-state index in [0.717, 1.165) is 50.9 Å². The average molecular weight is 314 g/mol. The van der Waals surface area contributed by atoms with Crippen LogP contribution < -0.4 is 0 Å². The molecule has 2 aliphatic heterocycles. The van der Waals surface area contributed by atoms with Crippen LogP contribution in [0.2, 0.25) is 0 Å². The third-order valence-electron chi connectivity index (χ3n) is 5.09. The molecule has 2 amide bonds. The van der Waals surface area contributed by atoms with Crippen LogP contribution in [0.5, 0.6) is 0 Å². The van der Waals surface area contributed by atoms with Gasteiger partial charge in [-0.1, -0.05) is 29.8 Å². The Balaban J connectivity index is 1.51. The number of hydrogen-bond acceptors (Lipinski definition) is 2. The lowest BCUT2D eigenvalue weighted by molar-refractivity contribution is -0.138. The number of piperidine rings is 2. The normalized spacial score (nSPS) is 20.0. The number of likely N-dealkylation sites (tertiary alicyclic amines) is 2. The maximum absolute atomic E-state index is 12.4. The van der Waals surface area contributed by atoms with Crippen molar-refractivity contribution in [1.82, 2.24) is 9.80 Å². The number of hydrogen-bond donors (Lipinski definition) is 0. The molecular weight excluding hydrogens is 288 g/mol. The number of carbonyl (C=O) groups is 2. The molecule has 0 bridgehead atoms. The molecule has 23 heavy (non-hydrogen) atoms. The van der Waals surface area contributed by atoms with Gasteiger partial charge in [-0.15, -0.1) is 0 Å². The first kappa shape index (κ1) is 16.0. The van der Waals surface area contributed by atoms with E-state index >= 15 is 0 Å². The van der Waals surface area contributed by atoms with Gasteiger partial charge >= 0.3 is 0 Å². The molecule has 0 atom stereocenters. The lowest BCUT2D eigenvalue weighted by Crippen LogP contribution is -2.50. The predicted molar refractivity (Wildman–Crippen MR) is 90.0 cm³/mol. The van der Waals surface area contributed by atoms with Crippen molar-refractivity contribution in [2.24, 2.45) is 0 Å². The van der Waals surface area contributed by atoms with Gasteiger partial charge < -0.3 is 9.80 Å². The van der Waals surface area contributed by atoms with Crippen molar-refractivity contribution in [1.29, 1.82) is 0 Å². The Bertz CT molecular complexity index is 559. The van der Waals surface area contributed by atoms with E-state index in [1.807, 2.05) is 17.0 Å². The second-order valence-corrected chi connectivity index (χ2v) is 6.82. The molecule has 2 aliphatic rings. The van der Waals surface area contributed by atoms with E-state index in [1.54, 1.807) is 0 Å². The van der Waals surface area contributed by atoms with Crippen molar-refractivity contribution in [2.75, 3.05) is 19.6 Å². The summed E-state index contributed by atoms with van der Waals surface area (Å²) in [6.07, 6.45) is 5.18. The van der Waals surface area contributed by atoms with Crippen LogP contribution in [0.4, 0.5) is 0 Å². The molecule has 124 valence electrons. The van der Waals surface area contributed by atoms with E-state index in [-0.39, 0.29) is 5.91 Å². The third-order valence-corrected chi connectivity index (χ3v) is 5.09. The standard InChI is InChI=1S/C19H26N2O2/c1-15-5-7-16(8-6-15)14-19(23)20-12-9-17(10-13-20)21-11-3-2-4-18(21)22/h5-8,17H,2-4,9-14H2,1H3. The van der Waals surface area contributed by atoms with Crippen LogP contribution in [0.15, 0.2) is 24.3 Å². The third kappa shape index (κ3) is 3.92. The second-order valence-electron chi connectivity index (χ2n) is 6.82. The number of benzene rings is 1. The van der Waals surface area contributed by atoms with Gasteiger partial charge in [-0.3, -0.25) is 9.59 Å². The zero-order valence-corrected chi connectivity index (χ0v) is 14.0. The molecule has 1 aromatic carbocycles. The molecule has 1 aromatic rings. The van der Waals surface area contributed by atoms with Crippen LogP contribution in [0.25, 0.3) is 0 Å². The van der Waals surface area contributed by atoms with Gasteiger partial charge in [0.05, 0.1) is 6.42 Å². The highest BCUT2D eigenvalue weighted by molar-refractivity contribution is 5.79. The maximum atomic E-state index is 12.4. The Morgan fingerprint density at radius 3 is 2.43 bits per heavy atom. The van der Waals surface area contributed by atoms with Crippen LogP contribution in [0.3, 0.4) is 0 Å². The summed E-state index contributed by atoms with van der Waals surface area (Å²) < 4.78 is 0. The average Bonchev–Trinajstić information content (AvgIpc) is 2.57. The van der Waals surface area contributed by atoms with Crippen molar-refractivity contribution in [3.05, 3.63) is 35.4 Å². The Labute approximate surface area is 138 Å². The van der Waals surface area contributed by atoms with Crippen LogP contribution in [0, 0.1) is 6.92 Å². The summed E-state index contributed by atoms with van der Waals surface area (Å²) in [7, 11) is 0. The SMILES string of the molecule is Cc1ccc(CC(=O)N2CCC(N3CCCCC3=O)CC2)cc1. The summed E-state index contributed by atoms with van der Waals surface area (Å²) in [6.45, 7) is 4.51. The van der Waals surface area contributed by atoms with Crippen molar-refractivity contribution in [3.8, 4) is 0 Å². The first-order chi connectivity index (χ1) is 11.1. The van der Waals surface area contributed by atoms with Gasteiger partial charge in [0.25, 0.3) is 0 Å². The highest BCUT2D eigenvalue weighted by Crippen LogP contribution is 2.22. The van der Waals surface area contributed by atoms with Crippen LogP contribution in [-0.4, -0.2) is 47.3 Å². The molecule has 0 radical (unpaired) electrons. The molecule has 0 unspecified atom stereocenters. The largest absolute Gasteiger partial charge is 0.342 e. The monoisotopic (exact) mass is 314 g/mol. The lowest BCUT2D eigenvalue weighted by atomic mass is 9.99. The maximum Gasteiger partial charge on any atom is 0.226 e. The number of rotatable bonds is 3. The van der Waals surface area contributed by atoms with Gasteiger partial charge in [0, 0.05) is 32.1 Å². The molecule has 3 rings (SSSR count). The fourth-order valence-corrected chi connectivity index (χ4v) is 3.63. The summed E-state index contributed by atoms with van der Waals surface area (Å²) in [4.78, 5) is 28.5. The predicted octanol–water partition coefficient (Wildman–Crippen LogP) is 2.54. The van der Waals surface area contributed by atoms with Crippen LogP contribution in [-0.2, 0) is 16.0 Å². The van der Waals surface area contributed by atoms with E-state index in [2.05, 4.69) is 24.0 Å². The molecule has 4 heteroatoms. The summed E-state index contributed by atoms with van der Waals surface area (Å²) in [5, 5.41) is 0. The molecule has 0 spiro atoms. The minimum Gasteiger partial charge on any atom is -0.342 e. The fourth-order valence-electron chi connectivity index (χ4n) is 3.63. The van der Waals surface area contributed by atoms with Gasteiger partial charge in [0.15, 0.2) is 0 Å². The van der Waals surface area contributed by atoms with E-state index in [4.69, 9.17) is 0 Å². The fraction of sp³-hybridized carbons (Fsp3) is 0.579. The van der Waals surface area contributed by atoms with E-state index in [9.17, 15) is 9.59 Å². The Hall–Kier alpha value is -1.84. The number of nitrogens with zero attached hydrogens (tertiary/aromatic N) is 2. The van der Waals surface area contributed by atoms with Gasteiger partial charge in [0.2, 0.25) is 11.8 Å². The highest BCUT2D eigenvalue weighted by Gasteiger charge is 2.30. The molecule has 0 aliphatic carbocycles. The second kappa shape index (κ2) is 7.16. The molecule has 0 aromatic heterocycles. The summed E-state index contributed by atoms with van der Waals surface area (Å²) >= 11 is 0.